The zero-order valence-corrected chi connectivity index (χ0v) is 15.5. The first-order chi connectivity index (χ1) is 10.6. The number of benzene rings is 1. The summed E-state index contributed by atoms with van der Waals surface area (Å²) in [5, 5.41) is 2.15. The highest BCUT2D eigenvalue weighted by molar-refractivity contribution is 8.21. The average Bonchev–Trinajstić information content (AvgIpc) is 3.11. The highest BCUT2D eigenvalue weighted by Crippen LogP contribution is 2.52. The Hall–Kier alpha value is -0.290. The van der Waals surface area contributed by atoms with Gasteiger partial charge in [-0.25, -0.2) is 4.98 Å². The van der Waals surface area contributed by atoms with E-state index in [1.165, 1.54) is 11.3 Å². The number of thioether (sulfide) groups is 2. The summed E-state index contributed by atoms with van der Waals surface area (Å²) in [6.45, 7) is 3.29. The van der Waals surface area contributed by atoms with Crippen LogP contribution in [0.5, 0.6) is 0 Å². The van der Waals surface area contributed by atoms with Gasteiger partial charge in [-0.3, -0.25) is 0 Å². The molecule has 0 bridgehead atoms. The first-order valence-electron chi connectivity index (χ1n) is 7.28. The SMILES string of the molecule is CC1CSC(CCn2ccnc2)(Cc2ccc(Cl)cc2Cl)S1. The van der Waals surface area contributed by atoms with Gasteiger partial charge in [0, 0.05) is 40.0 Å². The molecule has 2 unspecified atom stereocenters. The molecule has 1 fully saturated rings. The van der Waals surface area contributed by atoms with E-state index in [-0.39, 0.29) is 4.08 Å². The van der Waals surface area contributed by atoms with Gasteiger partial charge in [0.2, 0.25) is 0 Å². The standard InChI is InChI=1S/C16H18Cl2N2S2/c1-12-10-21-16(22-12,4-6-20-7-5-19-11-20)9-13-2-3-14(17)8-15(13)18/h2-3,5,7-8,11-12H,4,6,9-10H2,1H3. The molecule has 6 heteroatoms. The van der Waals surface area contributed by atoms with Gasteiger partial charge in [-0.15, -0.1) is 23.5 Å². The topological polar surface area (TPSA) is 17.8 Å². The summed E-state index contributed by atoms with van der Waals surface area (Å²) in [6.07, 6.45) is 7.81. The number of hydrogen-bond donors (Lipinski definition) is 0. The lowest BCUT2D eigenvalue weighted by Gasteiger charge is -2.28. The maximum absolute atomic E-state index is 6.39. The van der Waals surface area contributed by atoms with Gasteiger partial charge < -0.3 is 4.57 Å². The van der Waals surface area contributed by atoms with Crippen LogP contribution in [-0.2, 0) is 13.0 Å². The number of aromatic nitrogens is 2. The largest absolute Gasteiger partial charge is 0.337 e. The van der Waals surface area contributed by atoms with Crippen LogP contribution in [0.15, 0.2) is 36.9 Å². The van der Waals surface area contributed by atoms with Crippen molar-refractivity contribution in [3.05, 3.63) is 52.5 Å². The van der Waals surface area contributed by atoms with Crippen molar-refractivity contribution in [2.45, 2.75) is 35.6 Å². The van der Waals surface area contributed by atoms with E-state index < -0.39 is 0 Å². The summed E-state index contributed by atoms with van der Waals surface area (Å²) >= 11 is 16.5. The van der Waals surface area contributed by atoms with Crippen LogP contribution in [0.1, 0.15) is 18.9 Å². The second-order valence-corrected chi connectivity index (χ2v) is 9.94. The molecule has 1 aliphatic heterocycles. The third-order valence-corrected chi connectivity index (χ3v) is 8.11. The van der Waals surface area contributed by atoms with Crippen LogP contribution >= 0.6 is 46.7 Å². The molecule has 0 spiro atoms. The average molecular weight is 373 g/mol. The van der Waals surface area contributed by atoms with E-state index in [1.54, 1.807) is 0 Å². The van der Waals surface area contributed by atoms with Crippen LogP contribution in [0.2, 0.25) is 10.0 Å². The highest BCUT2D eigenvalue weighted by Gasteiger charge is 2.39. The molecule has 1 aromatic carbocycles. The van der Waals surface area contributed by atoms with Crippen molar-refractivity contribution >= 4 is 46.7 Å². The van der Waals surface area contributed by atoms with Gasteiger partial charge in [-0.2, -0.15) is 0 Å². The van der Waals surface area contributed by atoms with Crippen LogP contribution in [0.4, 0.5) is 0 Å². The molecule has 2 aromatic rings. The minimum Gasteiger partial charge on any atom is -0.337 e. The third-order valence-electron chi connectivity index (χ3n) is 3.78. The molecule has 22 heavy (non-hydrogen) atoms. The van der Waals surface area contributed by atoms with Crippen molar-refractivity contribution in [2.24, 2.45) is 0 Å². The van der Waals surface area contributed by atoms with Gasteiger partial charge in [0.05, 0.1) is 10.4 Å². The van der Waals surface area contributed by atoms with Gasteiger partial charge in [-0.05, 0) is 30.5 Å². The molecule has 0 saturated carbocycles. The molecule has 2 heterocycles. The van der Waals surface area contributed by atoms with Crippen LogP contribution in [-0.4, -0.2) is 24.6 Å². The molecule has 0 radical (unpaired) electrons. The molecule has 0 N–H and O–H groups in total. The zero-order chi connectivity index (χ0) is 15.6. The van der Waals surface area contributed by atoms with E-state index >= 15 is 0 Å². The summed E-state index contributed by atoms with van der Waals surface area (Å²) in [4.78, 5) is 4.13. The fraction of sp³-hybridized carbons (Fsp3) is 0.438. The fourth-order valence-electron chi connectivity index (χ4n) is 2.69. The Morgan fingerprint density at radius 2 is 2.27 bits per heavy atom. The van der Waals surface area contributed by atoms with Crippen LogP contribution < -0.4 is 0 Å². The molecule has 2 nitrogen and oxygen atoms in total. The Morgan fingerprint density at radius 1 is 1.41 bits per heavy atom. The predicted molar refractivity (Wildman–Crippen MR) is 99.3 cm³/mol. The van der Waals surface area contributed by atoms with E-state index in [0.29, 0.717) is 10.3 Å². The minimum absolute atomic E-state index is 0.182. The van der Waals surface area contributed by atoms with Gasteiger partial charge >= 0.3 is 0 Å². The Morgan fingerprint density at radius 3 is 2.91 bits per heavy atom. The molecule has 118 valence electrons. The maximum atomic E-state index is 6.39. The van der Waals surface area contributed by atoms with E-state index in [9.17, 15) is 0 Å². The summed E-state index contributed by atoms with van der Waals surface area (Å²) in [5.74, 6) is 1.19. The normalized spacial score (nSPS) is 24.8. The number of halogens is 2. The van der Waals surface area contributed by atoms with E-state index in [4.69, 9.17) is 23.2 Å². The van der Waals surface area contributed by atoms with Crippen molar-refractivity contribution < 1.29 is 0 Å². The highest BCUT2D eigenvalue weighted by atomic mass is 35.5. The summed E-state index contributed by atoms with van der Waals surface area (Å²) < 4.78 is 2.33. The first-order valence-corrected chi connectivity index (χ1v) is 9.90. The third kappa shape index (κ3) is 3.97. The van der Waals surface area contributed by atoms with E-state index in [2.05, 4.69) is 46.1 Å². The van der Waals surface area contributed by atoms with Crippen LogP contribution in [0.3, 0.4) is 0 Å². The van der Waals surface area contributed by atoms with Gasteiger partial charge in [0.25, 0.3) is 0 Å². The molecule has 1 aromatic heterocycles. The van der Waals surface area contributed by atoms with Crippen LogP contribution in [0, 0.1) is 0 Å². The Bertz CT molecular complexity index is 633. The predicted octanol–water partition coefficient (Wildman–Crippen LogP) is 5.39. The molecule has 1 aliphatic rings. The van der Waals surface area contributed by atoms with Crippen molar-refractivity contribution in [3.8, 4) is 0 Å². The van der Waals surface area contributed by atoms with Gasteiger partial charge in [0.1, 0.15) is 0 Å². The lowest BCUT2D eigenvalue weighted by atomic mass is 10.1. The maximum Gasteiger partial charge on any atom is 0.0945 e. The van der Waals surface area contributed by atoms with Crippen molar-refractivity contribution in [1.29, 1.82) is 0 Å². The number of nitrogens with zero attached hydrogens (tertiary/aromatic N) is 2. The first kappa shape index (κ1) is 16.6. The Labute approximate surface area is 150 Å². The summed E-state index contributed by atoms with van der Waals surface area (Å²) in [7, 11) is 0. The van der Waals surface area contributed by atoms with Gasteiger partial charge in [-0.1, -0.05) is 36.2 Å². The fourth-order valence-corrected chi connectivity index (χ4v) is 6.82. The quantitative estimate of drug-likeness (QED) is 0.700. The molecule has 0 amide bonds. The van der Waals surface area contributed by atoms with Crippen LogP contribution in [0.25, 0.3) is 0 Å². The molecule has 2 atom stereocenters. The summed E-state index contributed by atoms with van der Waals surface area (Å²) in [5.41, 5.74) is 1.19. The molecule has 1 saturated heterocycles. The Balaban J connectivity index is 1.77. The monoisotopic (exact) mass is 372 g/mol. The molecular weight excluding hydrogens is 355 g/mol. The second kappa shape index (κ2) is 7.08. The zero-order valence-electron chi connectivity index (χ0n) is 12.3. The van der Waals surface area contributed by atoms with Crippen molar-refractivity contribution in [2.75, 3.05) is 5.75 Å². The smallest absolute Gasteiger partial charge is 0.0945 e. The number of aryl methyl sites for hydroxylation is 1. The number of imidazole rings is 1. The Kier molecular flexibility index (Phi) is 5.33. The summed E-state index contributed by atoms with van der Waals surface area (Å²) in [6, 6.07) is 5.84. The van der Waals surface area contributed by atoms with Gasteiger partial charge in [0.15, 0.2) is 0 Å². The lowest BCUT2D eigenvalue weighted by molar-refractivity contribution is 0.597. The minimum atomic E-state index is 0.182. The van der Waals surface area contributed by atoms with Crippen molar-refractivity contribution in [3.63, 3.8) is 0 Å². The number of hydrogen-bond acceptors (Lipinski definition) is 3. The second-order valence-electron chi connectivity index (χ2n) is 5.61. The molecule has 3 rings (SSSR count). The van der Waals surface area contributed by atoms with Crippen molar-refractivity contribution in [1.82, 2.24) is 9.55 Å². The molecule has 0 aliphatic carbocycles. The lowest BCUT2D eigenvalue weighted by Crippen LogP contribution is -2.23. The number of rotatable bonds is 5. The molecular formula is C16H18Cl2N2S2. The van der Waals surface area contributed by atoms with E-state index in [1.807, 2.05) is 30.9 Å². The van der Waals surface area contributed by atoms with E-state index in [0.717, 1.165) is 24.4 Å².